The van der Waals surface area contributed by atoms with Gasteiger partial charge in [0.15, 0.2) is 6.61 Å². The molecule has 0 spiro atoms. The number of nitrogens with zero attached hydrogens (tertiary/aromatic N) is 1. The molecule has 0 atom stereocenters. The fourth-order valence-electron chi connectivity index (χ4n) is 2.08. The first kappa shape index (κ1) is 12.8. The number of carbonyl (C=O) groups is 1. The molecule has 2 rings (SSSR count). The number of aliphatic hydroxyl groups is 1. The Bertz CT molecular complexity index is 386. The van der Waals surface area contributed by atoms with E-state index in [1.165, 1.54) is 19.0 Å². The van der Waals surface area contributed by atoms with Gasteiger partial charge in [0, 0.05) is 6.04 Å². The number of pyridine rings is 1. The third kappa shape index (κ3) is 3.70. The molecule has 2 N–H and O–H groups in total. The summed E-state index contributed by atoms with van der Waals surface area (Å²) in [6.45, 7) is -0.0842. The predicted octanol–water partition coefficient (Wildman–Crippen LogP) is 1.01. The number of hydrogen-bond acceptors (Lipinski definition) is 4. The van der Waals surface area contributed by atoms with E-state index in [9.17, 15) is 4.79 Å². The van der Waals surface area contributed by atoms with Gasteiger partial charge in [-0.25, -0.2) is 0 Å². The average molecular weight is 250 g/mol. The Morgan fingerprint density at radius 2 is 2.22 bits per heavy atom. The van der Waals surface area contributed by atoms with Crippen molar-refractivity contribution < 1.29 is 14.6 Å². The van der Waals surface area contributed by atoms with E-state index in [2.05, 4.69) is 10.3 Å². The lowest BCUT2D eigenvalue weighted by Gasteiger charge is -2.12. The van der Waals surface area contributed by atoms with Crippen LogP contribution in [-0.2, 0) is 11.4 Å². The van der Waals surface area contributed by atoms with Crippen LogP contribution in [0.25, 0.3) is 0 Å². The lowest BCUT2D eigenvalue weighted by Crippen LogP contribution is -2.36. The number of amides is 1. The van der Waals surface area contributed by atoms with Gasteiger partial charge in [-0.2, -0.15) is 0 Å². The quantitative estimate of drug-likeness (QED) is 0.818. The molecule has 1 fully saturated rings. The molecule has 1 aliphatic carbocycles. The van der Waals surface area contributed by atoms with Crippen molar-refractivity contribution in [1.82, 2.24) is 10.3 Å². The van der Waals surface area contributed by atoms with Crippen molar-refractivity contribution >= 4 is 5.91 Å². The van der Waals surface area contributed by atoms with Crippen molar-refractivity contribution in [2.45, 2.75) is 38.3 Å². The maximum atomic E-state index is 11.6. The molecule has 1 aromatic heterocycles. The summed E-state index contributed by atoms with van der Waals surface area (Å²) in [6, 6.07) is 3.68. The predicted molar refractivity (Wildman–Crippen MR) is 66.1 cm³/mol. The number of hydrogen-bond donors (Lipinski definition) is 2. The second kappa shape index (κ2) is 6.35. The van der Waals surface area contributed by atoms with Crippen LogP contribution in [-0.4, -0.2) is 28.6 Å². The molecule has 0 aliphatic heterocycles. The minimum absolute atomic E-state index is 0.0106. The highest BCUT2D eigenvalue weighted by molar-refractivity contribution is 5.77. The summed E-state index contributed by atoms with van der Waals surface area (Å²) < 4.78 is 5.32. The monoisotopic (exact) mass is 250 g/mol. The minimum atomic E-state index is -0.0948. The lowest BCUT2D eigenvalue weighted by molar-refractivity contribution is -0.123. The number of ether oxygens (including phenoxy) is 1. The molecule has 0 unspecified atom stereocenters. The highest BCUT2D eigenvalue weighted by Crippen LogP contribution is 2.17. The Labute approximate surface area is 106 Å². The Hall–Kier alpha value is -1.62. The standard InChI is InChI=1S/C13H18N2O3/c16-8-11-5-6-12(7-14-11)18-9-13(17)15-10-3-1-2-4-10/h5-7,10,16H,1-4,8-9H2,(H,15,17). The zero-order valence-electron chi connectivity index (χ0n) is 10.3. The number of carbonyl (C=O) groups excluding carboxylic acids is 1. The van der Waals surface area contributed by atoms with Crippen LogP contribution in [0, 0.1) is 0 Å². The molecule has 1 saturated carbocycles. The molecule has 18 heavy (non-hydrogen) atoms. The highest BCUT2D eigenvalue weighted by atomic mass is 16.5. The summed E-state index contributed by atoms with van der Waals surface area (Å²) in [4.78, 5) is 15.6. The highest BCUT2D eigenvalue weighted by Gasteiger charge is 2.17. The maximum absolute atomic E-state index is 11.6. The van der Waals surface area contributed by atoms with Crippen LogP contribution in [0.2, 0.25) is 0 Å². The Morgan fingerprint density at radius 1 is 1.44 bits per heavy atom. The first-order valence-electron chi connectivity index (χ1n) is 6.26. The van der Waals surface area contributed by atoms with Crippen LogP contribution >= 0.6 is 0 Å². The molecule has 0 saturated heterocycles. The Kier molecular flexibility index (Phi) is 4.52. The van der Waals surface area contributed by atoms with Crippen LogP contribution in [0.1, 0.15) is 31.4 Å². The number of aromatic nitrogens is 1. The van der Waals surface area contributed by atoms with Crippen molar-refractivity contribution in [3.05, 3.63) is 24.0 Å². The van der Waals surface area contributed by atoms with Crippen LogP contribution < -0.4 is 10.1 Å². The van der Waals surface area contributed by atoms with Gasteiger partial charge in [-0.1, -0.05) is 12.8 Å². The summed E-state index contributed by atoms with van der Waals surface area (Å²) in [5.74, 6) is 0.446. The molecular weight excluding hydrogens is 232 g/mol. The molecule has 1 heterocycles. The van der Waals surface area contributed by atoms with Crippen LogP contribution in [0.4, 0.5) is 0 Å². The summed E-state index contributed by atoms with van der Waals surface area (Å²) in [5, 5.41) is 11.8. The fraction of sp³-hybridized carbons (Fsp3) is 0.538. The summed E-state index contributed by atoms with van der Waals surface area (Å²) in [6.07, 6.45) is 6.03. The molecule has 98 valence electrons. The first-order chi connectivity index (χ1) is 8.78. The Morgan fingerprint density at radius 3 is 2.83 bits per heavy atom. The minimum Gasteiger partial charge on any atom is -0.482 e. The topological polar surface area (TPSA) is 71.5 Å². The lowest BCUT2D eigenvalue weighted by atomic mass is 10.2. The zero-order chi connectivity index (χ0) is 12.8. The van der Waals surface area contributed by atoms with E-state index in [0.717, 1.165) is 12.8 Å². The molecular formula is C13H18N2O3. The van der Waals surface area contributed by atoms with Gasteiger partial charge in [-0.05, 0) is 25.0 Å². The maximum Gasteiger partial charge on any atom is 0.258 e. The van der Waals surface area contributed by atoms with Crippen molar-refractivity contribution in [3.63, 3.8) is 0 Å². The van der Waals surface area contributed by atoms with E-state index in [4.69, 9.17) is 9.84 Å². The van der Waals surface area contributed by atoms with Crippen molar-refractivity contribution in [3.8, 4) is 5.75 Å². The molecule has 0 radical (unpaired) electrons. The first-order valence-corrected chi connectivity index (χ1v) is 6.26. The fourth-order valence-corrected chi connectivity index (χ4v) is 2.08. The molecule has 0 aromatic carbocycles. The molecule has 1 amide bonds. The van der Waals surface area contributed by atoms with Gasteiger partial charge >= 0.3 is 0 Å². The summed E-state index contributed by atoms with van der Waals surface area (Å²) in [7, 11) is 0. The van der Waals surface area contributed by atoms with Crippen LogP contribution in [0.3, 0.4) is 0 Å². The van der Waals surface area contributed by atoms with E-state index in [1.807, 2.05) is 0 Å². The third-order valence-corrected chi connectivity index (χ3v) is 3.05. The molecule has 1 aliphatic rings. The molecule has 5 heteroatoms. The second-order valence-corrected chi connectivity index (χ2v) is 4.48. The van der Waals surface area contributed by atoms with E-state index in [0.29, 0.717) is 17.5 Å². The van der Waals surface area contributed by atoms with E-state index >= 15 is 0 Å². The molecule has 0 bridgehead atoms. The smallest absolute Gasteiger partial charge is 0.258 e. The SMILES string of the molecule is O=C(COc1ccc(CO)nc1)NC1CCCC1. The largest absolute Gasteiger partial charge is 0.482 e. The van der Waals surface area contributed by atoms with Gasteiger partial charge in [0.2, 0.25) is 0 Å². The van der Waals surface area contributed by atoms with Gasteiger partial charge in [-0.15, -0.1) is 0 Å². The Balaban J connectivity index is 1.74. The van der Waals surface area contributed by atoms with Crippen LogP contribution in [0.5, 0.6) is 5.75 Å². The number of aliphatic hydroxyl groups excluding tert-OH is 1. The van der Waals surface area contributed by atoms with Gasteiger partial charge in [0.1, 0.15) is 5.75 Å². The zero-order valence-corrected chi connectivity index (χ0v) is 10.3. The van der Waals surface area contributed by atoms with Gasteiger partial charge < -0.3 is 15.2 Å². The van der Waals surface area contributed by atoms with Gasteiger partial charge in [0.05, 0.1) is 18.5 Å². The van der Waals surface area contributed by atoms with E-state index in [-0.39, 0.29) is 19.1 Å². The number of rotatable bonds is 5. The van der Waals surface area contributed by atoms with Crippen LogP contribution in [0.15, 0.2) is 18.3 Å². The van der Waals surface area contributed by atoms with Crippen molar-refractivity contribution in [1.29, 1.82) is 0 Å². The summed E-state index contributed by atoms with van der Waals surface area (Å²) >= 11 is 0. The van der Waals surface area contributed by atoms with E-state index in [1.54, 1.807) is 12.1 Å². The average Bonchev–Trinajstić information content (AvgIpc) is 2.90. The van der Waals surface area contributed by atoms with E-state index < -0.39 is 0 Å². The van der Waals surface area contributed by atoms with Gasteiger partial charge in [-0.3, -0.25) is 9.78 Å². The molecule has 1 aromatic rings. The second-order valence-electron chi connectivity index (χ2n) is 4.48. The normalized spacial score (nSPS) is 15.6. The van der Waals surface area contributed by atoms with Crippen molar-refractivity contribution in [2.24, 2.45) is 0 Å². The van der Waals surface area contributed by atoms with Crippen molar-refractivity contribution in [2.75, 3.05) is 6.61 Å². The number of nitrogens with one attached hydrogen (secondary N) is 1. The summed E-state index contributed by atoms with van der Waals surface area (Å²) in [5.41, 5.74) is 0.581. The van der Waals surface area contributed by atoms with Gasteiger partial charge in [0.25, 0.3) is 5.91 Å². The molecule has 5 nitrogen and oxygen atoms in total. The third-order valence-electron chi connectivity index (χ3n) is 3.05.